The Morgan fingerprint density at radius 3 is 2.48 bits per heavy atom. The predicted molar refractivity (Wildman–Crippen MR) is 101 cm³/mol. The second-order valence-corrected chi connectivity index (χ2v) is 7.00. The van der Waals surface area contributed by atoms with Gasteiger partial charge >= 0.3 is 6.18 Å². The number of hydrogen-bond donors (Lipinski definition) is 3. The Hall–Kier alpha value is -2.53. The van der Waals surface area contributed by atoms with Gasteiger partial charge in [-0.2, -0.15) is 13.2 Å². The average molecular weight is 451 g/mol. The van der Waals surface area contributed by atoms with Crippen LogP contribution in [0.5, 0.6) is 0 Å². The first-order valence-electron chi connectivity index (χ1n) is 8.15. The van der Waals surface area contributed by atoms with Crippen LogP contribution in [0.1, 0.15) is 28.9 Å². The highest BCUT2D eigenvalue weighted by molar-refractivity contribution is 7.80. The van der Waals surface area contributed by atoms with Crippen molar-refractivity contribution in [1.29, 1.82) is 0 Å². The SMILES string of the molecule is O=C(NC(=S)Nc1c(F)cc(F)cc1NC1CC1)c1ncc(C(F)(F)F)cc1Cl. The van der Waals surface area contributed by atoms with Gasteiger partial charge in [0.25, 0.3) is 5.91 Å². The van der Waals surface area contributed by atoms with Crippen LogP contribution in [0.25, 0.3) is 0 Å². The van der Waals surface area contributed by atoms with Crippen LogP contribution in [0.3, 0.4) is 0 Å². The largest absolute Gasteiger partial charge is 0.417 e. The summed E-state index contributed by atoms with van der Waals surface area (Å²) in [6.07, 6.45) is -2.53. The van der Waals surface area contributed by atoms with Crippen molar-refractivity contribution in [1.82, 2.24) is 10.3 Å². The number of halogens is 6. The lowest BCUT2D eigenvalue weighted by atomic mass is 10.2. The molecule has 1 aliphatic rings. The number of nitrogens with one attached hydrogen (secondary N) is 3. The molecule has 1 saturated carbocycles. The molecule has 1 heterocycles. The van der Waals surface area contributed by atoms with Crippen LogP contribution in [-0.4, -0.2) is 22.0 Å². The van der Waals surface area contributed by atoms with Gasteiger partial charge < -0.3 is 10.6 Å². The molecular formula is C17H12ClF5N4OS. The lowest BCUT2D eigenvalue weighted by Gasteiger charge is -2.16. The van der Waals surface area contributed by atoms with Crippen LogP contribution >= 0.6 is 23.8 Å². The summed E-state index contributed by atoms with van der Waals surface area (Å²) in [7, 11) is 0. The molecular weight excluding hydrogens is 439 g/mol. The number of rotatable bonds is 4. The summed E-state index contributed by atoms with van der Waals surface area (Å²) in [5, 5.41) is 6.60. The van der Waals surface area contributed by atoms with E-state index in [0.717, 1.165) is 18.9 Å². The molecule has 2 aromatic rings. The number of amides is 1. The Bertz CT molecular complexity index is 981. The van der Waals surface area contributed by atoms with E-state index in [2.05, 4.69) is 20.9 Å². The van der Waals surface area contributed by atoms with Gasteiger partial charge in [-0.3, -0.25) is 10.1 Å². The average Bonchev–Trinajstić information content (AvgIpc) is 3.41. The van der Waals surface area contributed by atoms with Crippen molar-refractivity contribution < 1.29 is 26.7 Å². The van der Waals surface area contributed by atoms with E-state index in [1.54, 1.807) is 0 Å². The van der Waals surface area contributed by atoms with Gasteiger partial charge in [0.05, 0.1) is 16.3 Å². The minimum atomic E-state index is -4.67. The first-order chi connectivity index (χ1) is 13.5. The van der Waals surface area contributed by atoms with Crippen molar-refractivity contribution in [3.63, 3.8) is 0 Å². The Kier molecular flexibility index (Phi) is 5.90. The number of thiocarbonyl (C=S) groups is 1. The van der Waals surface area contributed by atoms with Gasteiger partial charge in [0.2, 0.25) is 0 Å². The Balaban J connectivity index is 1.73. The van der Waals surface area contributed by atoms with Crippen LogP contribution < -0.4 is 16.0 Å². The first kappa shape index (κ1) is 21.2. The fraction of sp³-hybridized carbons (Fsp3) is 0.235. The molecule has 5 nitrogen and oxygen atoms in total. The van der Waals surface area contributed by atoms with Crippen LogP contribution in [0.15, 0.2) is 24.4 Å². The third-order valence-corrected chi connectivity index (χ3v) is 4.33. The molecule has 29 heavy (non-hydrogen) atoms. The number of pyridine rings is 1. The minimum absolute atomic E-state index is 0.0788. The monoisotopic (exact) mass is 450 g/mol. The Morgan fingerprint density at radius 1 is 1.21 bits per heavy atom. The highest BCUT2D eigenvalue weighted by Gasteiger charge is 2.32. The lowest BCUT2D eigenvalue weighted by molar-refractivity contribution is -0.137. The number of alkyl halides is 3. The number of aromatic nitrogens is 1. The van der Waals surface area contributed by atoms with Crippen LogP contribution in [0, 0.1) is 11.6 Å². The highest BCUT2D eigenvalue weighted by atomic mass is 35.5. The molecule has 1 aromatic carbocycles. The normalized spacial score (nSPS) is 13.7. The third kappa shape index (κ3) is 5.30. The maximum absolute atomic E-state index is 14.2. The molecule has 0 atom stereocenters. The van der Waals surface area contributed by atoms with E-state index in [9.17, 15) is 26.7 Å². The molecule has 3 rings (SSSR count). The molecule has 0 saturated heterocycles. The smallest absolute Gasteiger partial charge is 0.380 e. The summed E-state index contributed by atoms with van der Waals surface area (Å²) in [5.74, 6) is -2.75. The zero-order valence-corrected chi connectivity index (χ0v) is 15.9. The van der Waals surface area contributed by atoms with Gasteiger partial charge in [0.1, 0.15) is 17.2 Å². The molecule has 154 valence electrons. The molecule has 0 radical (unpaired) electrons. The van der Waals surface area contributed by atoms with E-state index in [1.165, 1.54) is 0 Å². The fourth-order valence-electron chi connectivity index (χ4n) is 2.33. The number of carbonyl (C=O) groups excluding carboxylic acids is 1. The summed E-state index contributed by atoms with van der Waals surface area (Å²) in [6.45, 7) is 0. The van der Waals surface area contributed by atoms with Gasteiger partial charge in [-0.1, -0.05) is 11.6 Å². The molecule has 1 aliphatic carbocycles. The van der Waals surface area contributed by atoms with E-state index in [4.69, 9.17) is 23.8 Å². The van der Waals surface area contributed by atoms with Gasteiger partial charge in [-0.15, -0.1) is 0 Å². The second kappa shape index (κ2) is 8.07. The number of anilines is 2. The Labute approximate surface area is 171 Å². The molecule has 12 heteroatoms. The van der Waals surface area contributed by atoms with Crippen LogP contribution in [0.4, 0.5) is 33.3 Å². The standard InChI is InChI=1S/C17H12ClF5N4OS/c18-10-3-7(17(21,22)23)6-24-13(10)15(28)27-16(29)26-14-11(20)4-8(19)5-12(14)25-9-1-2-9/h3-6,9,25H,1-2H2,(H2,26,27,28,29). The topological polar surface area (TPSA) is 66.1 Å². The summed E-state index contributed by atoms with van der Waals surface area (Å²) in [4.78, 5) is 15.6. The van der Waals surface area contributed by atoms with Gasteiger partial charge in [0.15, 0.2) is 10.9 Å². The number of benzene rings is 1. The molecule has 0 aliphatic heterocycles. The molecule has 0 spiro atoms. The van der Waals surface area contributed by atoms with E-state index >= 15 is 0 Å². The minimum Gasteiger partial charge on any atom is -0.380 e. The number of hydrogen-bond acceptors (Lipinski definition) is 4. The molecule has 0 unspecified atom stereocenters. The third-order valence-electron chi connectivity index (χ3n) is 3.84. The zero-order chi connectivity index (χ0) is 21.3. The van der Waals surface area contributed by atoms with E-state index in [1.807, 2.05) is 0 Å². The predicted octanol–water partition coefficient (Wildman–Crippen LogP) is 4.73. The molecule has 1 aromatic heterocycles. The van der Waals surface area contributed by atoms with E-state index in [0.29, 0.717) is 18.3 Å². The molecule has 3 N–H and O–H groups in total. The van der Waals surface area contributed by atoms with Crippen LogP contribution in [0.2, 0.25) is 5.02 Å². The van der Waals surface area contributed by atoms with E-state index < -0.39 is 40.0 Å². The van der Waals surface area contributed by atoms with Crippen molar-refractivity contribution in [2.24, 2.45) is 0 Å². The van der Waals surface area contributed by atoms with Gasteiger partial charge in [0, 0.05) is 18.3 Å². The number of nitrogens with zero attached hydrogens (tertiary/aromatic N) is 1. The maximum atomic E-state index is 14.2. The molecule has 0 bridgehead atoms. The highest BCUT2D eigenvalue weighted by Crippen LogP contribution is 2.33. The quantitative estimate of drug-likeness (QED) is 0.464. The van der Waals surface area contributed by atoms with Crippen molar-refractivity contribution >= 4 is 46.2 Å². The summed E-state index contributed by atoms with van der Waals surface area (Å²) in [6, 6.07) is 2.34. The molecule has 1 amide bonds. The van der Waals surface area contributed by atoms with Crippen molar-refractivity contribution in [2.75, 3.05) is 10.6 Å². The zero-order valence-electron chi connectivity index (χ0n) is 14.3. The number of carbonyl (C=O) groups is 1. The summed E-state index contributed by atoms with van der Waals surface area (Å²) >= 11 is 10.6. The lowest BCUT2D eigenvalue weighted by Crippen LogP contribution is -2.35. The van der Waals surface area contributed by atoms with Crippen molar-refractivity contribution in [3.05, 3.63) is 52.3 Å². The Morgan fingerprint density at radius 2 is 1.90 bits per heavy atom. The first-order valence-corrected chi connectivity index (χ1v) is 8.94. The van der Waals surface area contributed by atoms with Crippen molar-refractivity contribution in [3.8, 4) is 0 Å². The fourth-order valence-corrected chi connectivity index (χ4v) is 2.78. The van der Waals surface area contributed by atoms with E-state index in [-0.39, 0.29) is 22.5 Å². The van der Waals surface area contributed by atoms with Gasteiger partial charge in [-0.25, -0.2) is 13.8 Å². The van der Waals surface area contributed by atoms with Crippen molar-refractivity contribution in [2.45, 2.75) is 25.1 Å². The second-order valence-electron chi connectivity index (χ2n) is 6.19. The summed E-state index contributed by atoms with van der Waals surface area (Å²) in [5.41, 5.74) is -1.69. The van der Waals surface area contributed by atoms with Gasteiger partial charge in [-0.05, 0) is 37.2 Å². The maximum Gasteiger partial charge on any atom is 0.417 e. The molecule has 1 fully saturated rings. The van der Waals surface area contributed by atoms with Crippen LogP contribution in [-0.2, 0) is 6.18 Å². The summed E-state index contributed by atoms with van der Waals surface area (Å²) < 4.78 is 65.6.